The first-order valence-corrected chi connectivity index (χ1v) is 4.95. The van der Waals surface area contributed by atoms with Crippen molar-refractivity contribution in [2.45, 2.75) is 26.4 Å². The smallest absolute Gasteiger partial charge is 0.316 e. The predicted molar refractivity (Wildman–Crippen MR) is 57.6 cm³/mol. The average Bonchev–Trinajstić information content (AvgIpc) is 2.25. The van der Waals surface area contributed by atoms with Crippen molar-refractivity contribution in [3.05, 3.63) is 30.1 Å². The first kappa shape index (κ1) is 11.7. The van der Waals surface area contributed by atoms with Crippen LogP contribution in [0.15, 0.2) is 18.9 Å². The molecule has 1 rings (SSSR count). The summed E-state index contributed by atoms with van der Waals surface area (Å²) in [6, 6.07) is 0.369. The van der Waals surface area contributed by atoms with Crippen LogP contribution < -0.4 is 4.74 Å². The molecule has 4 nitrogen and oxygen atoms in total. The summed E-state index contributed by atoms with van der Waals surface area (Å²) in [5, 5.41) is 8.92. The molecule has 0 unspecified atom stereocenters. The average molecular weight is 208 g/mol. The molecular formula is C11H16N2O2. The van der Waals surface area contributed by atoms with Crippen LogP contribution in [0.1, 0.15) is 24.1 Å². The van der Waals surface area contributed by atoms with Gasteiger partial charge in [0.2, 0.25) is 0 Å². The molecule has 0 aromatic carbocycles. The van der Waals surface area contributed by atoms with E-state index >= 15 is 0 Å². The van der Waals surface area contributed by atoms with E-state index in [0.29, 0.717) is 12.6 Å². The van der Waals surface area contributed by atoms with Crippen LogP contribution in [-0.2, 0) is 6.61 Å². The molecular weight excluding hydrogens is 192 g/mol. The van der Waals surface area contributed by atoms with Crippen molar-refractivity contribution >= 4 is 0 Å². The third-order valence-corrected chi connectivity index (χ3v) is 2.01. The highest BCUT2D eigenvalue weighted by atomic mass is 16.5. The fourth-order valence-corrected chi connectivity index (χ4v) is 1.09. The molecule has 1 aromatic rings. The summed E-state index contributed by atoms with van der Waals surface area (Å²) >= 11 is 0. The van der Waals surface area contributed by atoms with Crippen LogP contribution in [0, 0.1) is 6.92 Å². The maximum absolute atomic E-state index is 8.92. The van der Waals surface area contributed by atoms with Gasteiger partial charge in [-0.3, -0.25) is 0 Å². The first-order chi connectivity index (χ1) is 7.27. The highest BCUT2D eigenvalue weighted by molar-refractivity contribution is 5.16. The van der Waals surface area contributed by atoms with E-state index < -0.39 is 0 Å². The molecule has 0 aliphatic carbocycles. The molecule has 1 N–H and O–H groups in total. The number of aryl methyl sites for hydroxylation is 1. The van der Waals surface area contributed by atoms with Gasteiger partial charge in [-0.2, -0.15) is 0 Å². The second-order valence-corrected chi connectivity index (χ2v) is 3.20. The molecule has 0 atom stereocenters. The SMILES string of the molecule is C=CCCCOc1ncc(CO)c(C)n1. The Balaban J connectivity index is 2.48. The zero-order valence-corrected chi connectivity index (χ0v) is 8.94. The predicted octanol–water partition coefficient (Wildman–Crippen LogP) is 1.62. The van der Waals surface area contributed by atoms with Crippen LogP contribution in [0.3, 0.4) is 0 Å². The Morgan fingerprint density at radius 1 is 1.60 bits per heavy atom. The molecule has 0 radical (unpaired) electrons. The lowest BCUT2D eigenvalue weighted by atomic mass is 10.3. The molecule has 82 valence electrons. The van der Waals surface area contributed by atoms with Crippen LogP contribution in [0.2, 0.25) is 0 Å². The van der Waals surface area contributed by atoms with Crippen molar-refractivity contribution in [2.24, 2.45) is 0 Å². The van der Waals surface area contributed by atoms with Gasteiger partial charge in [0.15, 0.2) is 0 Å². The quantitative estimate of drug-likeness (QED) is 0.570. The Bertz CT molecular complexity index is 326. The van der Waals surface area contributed by atoms with Crippen LogP contribution in [-0.4, -0.2) is 21.7 Å². The summed E-state index contributed by atoms with van der Waals surface area (Å²) in [5.41, 5.74) is 1.49. The van der Waals surface area contributed by atoms with E-state index in [-0.39, 0.29) is 6.61 Å². The molecule has 0 spiro atoms. The molecule has 0 saturated heterocycles. The van der Waals surface area contributed by atoms with E-state index in [4.69, 9.17) is 9.84 Å². The summed E-state index contributed by atoms with van der Waals surface area (Å²) in [4.78, 5) is 8.11. The van der Waals surface area contributed by atoms with Gasteiger partial charge in [-0.15, -0.1) is 6.58 Å². The van der Waals surface area contributed by atoms with Gasteiger partial charge >= 0.3 is 6.01 Å². The van der Waals surface area contributed by atoms with Crippen molar-refractivity contribution in [3.63, 3.8) is 0 Å². The molecule has 0 amide bonds. The fraction of sp³-hybridized carbons (Fsp3) is 0.455. The number of rotatable bonds is 6. The molecule has 4 heteroatoms. The number of unbranched alkanes of at least 4 members (excludes halogenated alkanes) is 1. The number of aliphatic hydroxyl groups excluding tert-OH is 1. The molecule has 15 heavy (non-hydrogen) atoms. The highest BCUT2D eigenvalue weighted by Crippen LogP contribution is 2.08. The molecule has 0 aliphatic rings. The lowest BCUT2D eigenvalue weighted by Crippen LogP contribution is -2.03. The third-order valence-electron chi connectivity index (χ3n) is 2.01. The van der Waals surface area contributed by atoms with Gasteiger partial charge < -0.3 is 9.84 Å². The van der Waals surface area contributed by atoms with Crippen LogP contribution in [0.4, 0.5) is 0 Å². The number of ether oxygens (including phenoxy) is 1. The van der Waals surface area contributed by atoms with Gasteiger partial charge in [-0.1, -0.05) is 6.08 Å². The third kappa shape index (κ3) is 3.67. The van der Waals surface area contributed by atoms with Gasteiger partial charge in [0.1, 0.15) is 0 Å². The zero-order valence-electron chi connectivity index (χ0n) is 8.94. The largest absolute Gasteiger partial charge is 0.463 e. The Hall–Kier alpha value is -1.42. The van der Waals surface area contributed by atoms with Crippen LogP contribution >= 0.6 is 0 Å². The topological polar surface area (TPSA) is 55.2 Å². The van der Waals surface area contributed by atoms with Crippen LogP contribution in [0.25, 0.3) is 0 Å². The highest BCUT2D eigenvalue weighted by Gasteiger charge is 2.02. The summed E-state index contributed by atoms with van der Waals surface area (Å²) in [6.45, 7) is 6.00. The minimum Gasteiger partial charge on any atom is -0.463 e. The van der Waals surface area contributed by atoms with E-state index in [1.165, 1.54) is 0 Å². The van der Waals surface area contributed by atoms with Gasteiger partial charge in [0, 0.05) is 11.8 Å². The Morgan fingerprint density at radius 3 is 3.00 bits per heavy atom. The Labute approximate surface area is 89.6 Å². The number of hydrogen-bond donors (Lipinski definition) is 1. The number of nitrogens with zero attached hydrogens (tertiary/aromatic N) is 2. The van der Waals surface area contributed by atoms with E-state index in [0.717, 1.165) is 24.1 Å². The summed E-state index contributed by atoms with van der Waals surface area (Å²) < 4.78 is 5.34. The molecule has 0 aliphatic heterocycles. The van der Waals surface area contributed by atoms with Crippen molar-refractivity contribution in [1.29, 1.82) is 0 Å². The second-order valence-electron chi connectivity index (χ2n) is 3.20. The number of aromatic nitrogens is 2. The number of allylic oxidation sites excluding steroid dienone is 1. The second kappa shape index (κ2) is 6.14. The maximum atomic E-state index is 8.92. The molecule has 1 heterocycles. The maximum Gasteiger partial charge on any atom is 0.316 e. The van der Waals surface area contributed by atoms with E-state index in [9.17, 15) is 0 Å². The van der Waals surface area contributed by atoms with E-state index in [2.05, 4.69) is 16.5 Å². The minimum absolute atomic E-state index is 0.0391. The van der Waals surface area contributed by atoms with Crippen molar-refractivity contribution in [1.82, 2.24) is 9.97 Å². The van der Waals surface area contributed by atoms with Crippen molar-refractivity contribution in [2.75, 3.05) is 6.61 Å². The van der Waals surface area contributed by atoms with Crippen LogP contribution in [0.5, 0.6) is 6.01 Å². The Morgan fingerprint density at radius 2 is 2.40 bits per heavy atom. The number of aliphatic hydroxyl groups is 1. The van der Waals surface area contributed by atoms with Gasteiger partial charge in [0.25, 0.3) is 0 Å². The minimum atomic E-state index is -0.0391. The Kier molecular flexibility index (Phi) is 4.77. The lowest BCUT2D eigenvalue weighted by molar-refractivity contribution is 0.272. The zero-order chi connectivity index (χ0) is 11.1. The number of hydrogen-bond acceptors (Lipinski definition) is 4. The summed E-state index contributed by atoms with van der Waals surface area (Å²) in [7, 11) is 0. The summed E-state index contributed by atoms with van der Waals surface area (Å²) in [5.74, 6) is 0. The van der Waals surface area contributed by atoms with E-state index in [1.807, 2.05) is 13.0 Å². The van der Waals surface area contributed by atoms with Crippen molar-refractivity contribution < 1.29 is 9.84 Å². The molecule has 0 saturated carbocycles. The van der Waals surface area contributed by atoms with E-state index in [1.54, 1.807) is 6.20 Å². The monoisotopic (exact) mass is 208 g/mol. The van der Waals surface area contributed by atoms with Crippen molar-refractivity contribution in [3.8, 4) is 6.01 Å². The first-order valence-electron chi connectivity index (χ1n) is 4.95. The van der Waals surface area contributed by atoms with Gasteiger partial charge in [-0.25, -0.2) is 9.97 Å². The lowest BCUT2D eigenvalue weighted by Gasteiger charge is -2.05. The fourth-order valence-electron chi connectivity index (χ4n) is 1.09. The molecule has 0 bridgehead atoms. The normalized spacial score (nSPS) is 10.0. The standard InChI is InChI=1S/C11H16N2O2/c1-3-4-5-6-15-11-12-7-10(8-14)9(2)13-11/h3,7,14H,1,4-6,8H2,2H3. The molecule has 0 fully saturated rings. The summed E-state index contributed by atoms with van der Waals surface area (Å²) in [6.07, 6.45) is 5.27. The van der Waals surface area contributed by atoms with Gasteiger partial charge in [-0.05, 0) is 19.8 Å². The van der Waals surface area contributed by atoms with Gasteiger partial charge in [0.05, 0.1) is 18.9 Å². The molecule has 1 aromatic heterocycles.